The molecule has 1 heterocycles. The van der Waals surface area contributed by atoms with E-state index in [-0.39, 0.29) is 17.9 Å². The molecule has 1 aliphatic heterocycles. The molecular formula is C22H26FN3O3. The van der Waals surface area contributed by atoms with Crippen LogP contribution in [0.25, 0.3) is 0 Å². The number of methoxy groups -OCH3 is 1. The Morgan fingerprint density at radius 3 is 2.59 bits per heavy atom. The van der Waals surface area contributed by atoms with Crippen molar-refractivity contribution < 1.29 is 18.7 Å². The smallest absolute Gasteiger partial charge is 0.253 e. The first kappa shape index (κ1) is 20.8. The third kappa shape index (κ3) is 5.54. The molecular weight excluding hydrogens is 373 g/mol. The van der Waals surface area contributed by atoms with E-state index in [2.05, 4.69) is 15.5 Å². The molecule has 1 saturated heterocycles. The van der Waals surface area contributed by atoms with Crippen LogP contribution in [0.3, 0.4) is 0 Å². The average molecular weight is 399 g/mol. The minimum atomic E-state index is -0.423. The van der Waals surface area contributed by atoms with E-state index in [4.69, 9.17) is 4.74 Å². The highest BCUT2D eigenvalue weighted by atomic mass is 19.1. The summed E-state index contributed by atoms with van der Waals surface area (Å²) in [6, 6.07) is 13.2. The fraction of sp³-hybridized carbons (Fsp3) is 0.364. The van der Waals surface area contributed by atoms with E-state index in [0.717, 1.165) is 31.6 Å². The molecule has 0 atom stereocenters. The summed E-state index contributed by atoms with van der Waals surface area (Å²) in [7, 11) is 1.59. The van der Waals surface area contributed by atoms with Crippen molar-refractivity contribution in [3.8, 4) is 0 Å². The van der Waals surface area contributed by atoms with Crippen LogP contribution >= 0.6 is 0 Å². The van der Waals surface area contributed by atoms with Crippen molar-refractivity contribution in [2.45, 2.75) is 18.9 Å². The Morgan fingerprint density at radius 1 is 1.10 bits per heavy atom. The van der Waals surface area contributed by atoms with E-state index in [0.29, 0.717) is 24.3 Å². The van der Waals surface area contributed by atoms with E-state index in [9.17, 15) is 14.0 Å². The van der Waals surface area contributed by atoms with Gasteiger partial charge in [0, 0.05) is 44.0 Å². The number of para-hydroxylation sites is 1. The van der Waals surface area contributed by atoms with Crippen molar-refractivity contribution in [1.29, 1.82) is 0 Å². The van der Waals surface area contributed by atoms with Gasteiger partial charge in [-0.05, 0) is 43.2 Å². The topological polar surface area (TPSA) is 70.7 Å². The standard InChI is InChI=1S/C22H26FN3O3/c1-29-14-11-24-22(28)19-7-2-3-8-20(19)26-12-9-18(10-13-26)25-21(27)16-5-4-6-17(23)15-16/h2-8,15,18H,9-14H2,1H3,(H,24,28)(H,25,27). The first-order valence-electron chi connectivity index (χ1n) is 9.76. The second-order valence-electron chi connectivity index (χ2n) is 7.01. The van der Waals surface area contributed by atoms with E-state index < -0.39 is 5.82 Å². The zero-order chi connectivity index (χ0) is 20.6. The van der Waals surface area contributed by atoms with E-state index in [1.54, 1.807) is 13.2 Å². The molecule has 3 rings (SSSR count). The van der Waals surface area contributed by atoms with Crippen molar-refractivity contribution in [1.82, 2.24) is 10.6 Å². The van der Waals surface area contributed by atoms with Gasteiger partial charge >= 0.3 is 0 Å². The van der Waals surface area contributed by atoms with Gasteiger partial charge in [-0.1, -0.05) is 18.2 Å². The number of hydrogen-bond acceptors (Lipinski definition) is 4. The van der Waals surface area contributed by atoms with E-state index in [1.807, 2.05) is 24.3 Å². The molecule has 0 spiro atoms. The molecule has 2 aromatic carbocycles. The lowest BCUT2D eigenvalue weighted by molar-refractivity contribution is 0.0927. The SMILES string of the molecule is COCCNC(=O)c1ccccc1N1CCC(NC(=O)c2cccc(F)c2)CC1. The van der Waals surface area contributed by atoms with Crippen LogP contribution in [0, 0.1) is 5.82 Å². The van der Waals surface area contributed by atoms with Crippen LogP contribution in [0.5, 0.6) is 0 Å². The molecule has 0 aliphatic carbocycles. The molecule has 0 saturated carbocycles. The number of benzene rings is 2. The number of carbonyl (C=O) groups is 2. The maximum atomic E-state index is 13.3. The Labute approximate surface area is 170 Å². The summed E-state index contributed by atoms with van der Waals surface area (Å²) in [4.78, 5) is 27.0. The number of anilines is 1. The predicted octanol–water partition coefficient (Wildman–Crippen LogP) is 2.60. The second-order valence-corrected chi connectivity index (χ2v) is 7.01. The van der Waals surface area contributed by atoms with Gasteiger partial charge in [-0.15, -0.1) is 0 Å². The highest BCUT2D eigenvalue weighted by Gasteiger charge is 2.24. The number of halogens is 1. The molecule has 0 aromatic heterocycles. The number of ether oxygens (including phenoxy) is 1. The quantitative estimate of drug-likeness (QED) is 0.702. The maximum Gasteiger partial charge on any atom is 0.253 e. The second kappa shape index (κ2) is 10.0. The Bertz CT molecular complexity index is 851. The molecule has 2 aromatic rings. The number of amides is 2. The summed E-state index contributed by atoms with van der Waals surface area (Å²) in [5.74, 6) is -0.812. The van der Waals surface area contributed by atoms with E-state index >= 15 is 0 Å². The third-order valence-electron chi connectivity index (χ3n) is 5.00. The molecule has 0 unspecified atom stereocenters. The average Bonchev–Trinajstić information content (AvgIpc) is 2.74. The number of carbonyl (C=O) groups excluding carboxylic acids is 2. The molecule has 2 N–H and O–H groups in total. The summed E-state index contributed by atoms with van der Waals surface area (Å²) in [5, 5.41) is 5.84. The summed E-state index contributed by atoms with van der Waals surface area (Å²) < 4.78 is 18.3. The van der Waals surface area contributed by atoms with Crippen LogP contribution in [-0.4, -0.2) is 51.2 Å². The fourth-order valence-electron chi connectivity index (χ4n) is 3.47. The van der Waals surface area contributed by atoms with Crippen molar-refractivity contribution in [3.63, 3.8) is 0 Å². The maximum absolute atomic E-state index is 13.3. The summed E-state index contributed by atoms with van der Waals surface area (Å²) in [6.45, 7) is 2.36. The Hall–Kier alpha value is -2.93. The largest absolute Gasteiger partial charge is 0.383 e. The summed E-state index contributed by atoms with van der Waals surface area (Å²) in [6.07, 6.45) is 1.50. The first-order valence-corrected chi connectivity index (χ1v) is 9.76. The fourth-order valence-corrected chi connectivity index (χ4v) is 3.47. The van der Waals surface area contributed by atoms with Crippen LogP contribution < -0.4 is 15.5 Å². The van der Waals surface area contributed by atoms with Crippen molar-refractivity contribution in [2.24, 2.45) is 0 Å². The summed E-state index contributed by atoms with van der Waals surface area (Å²) in [5.41, 5.74) is 1.84. The van der Waals surface area contributed by atoms with Crippen molar-refractivity contribution >= 4 is 17.5 Å². The zero-order valence-corrected chi connectivity index (χ0v) is 16.5. The normalized spacial score (nSPS) is 14.5. The van der Waals surface area contributed by atoms with Gasteiger partial charge in [-0.3, -0.25) is 9.59 Å². The van der Waals surface area contributed by atoms with Gasteiger partial charge in [0.05, 0.1) is 12.2 Å². The molecule has 29 heavy (non-hydrogen) atoms. The van der Waals surface area contributed by atoms with Crippen LogP contribution in [-0.2, 0) is 4.74 Å². The predicted molar refractivity (Wildman–Crippen MR) is 110 cm³/mol. The number of hydrogen-bond donors (Lipinski definition) is 2. The Balaban J connectivity index is 1.58. The lowest BCUT2D eigenvalue weighted by Gasteiger charge is -2.35. The highest BCUT2D eigenvalue weighted by Crippen LogP contribution is 2.24. The summed E-state index contributed by atoms with van der Waals surface area (Å²) >= 11 is 0. The lowest BCUT2D eigenvalue weighted by atomic mass is 10.0. The first-order chi connectivity index (χ1) is 14.1. The van der Waals surface area contributed by atoms with Crippen LogP contribution in [0.15, 0.2) is 48.5 Å². The number of nitrogens with one attached hydrogen (secondary N) is 2. The Kier molecular flexibility index (Phi) is 7.19. The minimum absolute atomic E-state index is 0.0182. The van der Waals surface area contributed by atoms with Crippen LogP contribution in [0.1, 0.15) is 33.6 Å². The molecule has 7 heteroatoms. The monoisotopic (exact) mass is 399 g/mol. The van der Waals surface area contributed by atoms with Crippen molar-refractivity contribution in [2.75, 3.05) is 38.3 Å². The van der Waals surface area contributed by atoms with Gasteiger partial charge in [0.25, 0.3) is 11.8 Å². The minimum Gasteiger partial charge on any atom is -0.383 e. The van der Waals surface area contributed by atoms with E-state index in [1.165, 1.54) is 18.2 Å². The van der Waals surface area contributed by atoms with Gasteiger partial charge in [-0.25, -0.2) is 4.39 Å². The molecule has 154 valence electrons. The van der Waals surface area contributed by atoms with Crippen molar-refractivity contribution in [3.05, 3.63) is 65.5 Å². The lowest BCUT2D eigenvalue weighted by Crippen LogP contribution is -2.45. The molecule has 0 bridgehead atoms. The molecule has 2 amide bonds. The highest BCUT2D eigenvalue weighted by molar-refractivity contribution is 5.99. The molecule has 6 nitrogen and oxygen atoms in total. The Morgan fingerprint density at radius 2 is 1.86 bits per heavy atom. The van der Waals surface area contributed by atoms with Gasteiger partial charge < -0.3 is 20.3 Å². The van der Waals surface area contributed by atoms with Crippen LogP contribution in [0.4, 0.5) is 10.1 Å². The zero-order valence-electron chi connectivity index (χ0n) is 16.5. The van der Waals surface area contributed by atoms with Gasteiger partial charge in [0.1, 0.15) is 5.82 Å². The molecule has 1 aliphatic rings. The molecule has 1 fully saturated rings. The van der Waals surface area contributed by atoms with Gasteiger partial charge in [0.15, 0.2) is 0 Å². The van der Waals surface area contributed by atoms with Crippen LogP contribution in [0.2, 0.25) is 0 Å². The number of rotatable bonds is 7. The van der Waals surface area contributed by atoms with Gasteiger partial charge in [0.2, 0.25) is 0 Å². The third-order valence-corrected chi connectivity index (χ3v) is 5.00. The van der Waals surface area contributed by atoms with Gasteiger partial charge in [-0.2, -0.15) is 0 Å². The number of nitrogens with zero attached hydrogens (tertiary/aromatic N) is 1. The number of piperidine rings is 1. The molecule has 0 radical (unpaired) electrons.